The van der Waals surface area contributed by atoms with Crippen molar-refractivity contribution in [2.24, 2.45) is 11.8 Å². The molecule has 1 fully saturated rings. The number of ketones is 1. The number of carbonyl (C=O) groups is 1. The van der Waals surface area contributed by atoms with Gasteiger partial charge in [0, 0.05) is 5.57 Å². The van der Waals surface area contributed by atoms with Crippen LogP contribution < -0.4 is 0 Å². The molecule has 3 aliphatic carbocycles. The van der Waals surface area contributed by atoms with E-state index in [2.05, 4.69) is 6.08 Å². The molecule has 74 valence electrons. The van der Waals surface area contributed by atoms with E-state index in [0.29, 0.717) is 5.78 Å². The lowest BCUT2D eigenvalue weighted by Gasteiger charge is -2.36. The fourth-order valence-electron chi connectivity index (χ4n) is 3.42. The molecule has 2 unspecified atom stereocenters. The first-order valence-electron chi connectivity index (χ1n) is 5.82. The van der Waals surface area contributed by atoms with Gasteiger partial charge in [-0.1, -0.05) is 18.9 Å². The molecule has 1 heteroatoms. The van der Waals surface area contributed by atoms with Gasteiger partial charge in [0.05, 0.1) is 0 Å². The van der Waals surface area contributed by atoms with Crippen LogP contribution in [0.1, 0.15) is 38.5 Å². The van der Waals surface area contributed by atoms with E-state index in [-0.39, 0.29) is 0 Å². The highest BCUT2D eigenvalue weighted by molar-refractivity contribution is 6.08. The lowest BCUT2D eigenvalue weighted by atomic mass is 9.69. The summed E-state index contributed by atoms with van der Waals surface area (Å²) in [4.78, 5) is 11.5. The van der Waals surface area contributed by atoms with Crippen LogP contribution in [-0.4, -0.2) is 5.78 Å². The van der Waals surface area contributed by atoms with Crippen LogP contribution >= 0.6 is 0 Å². The minimum absolute atomic E-state index is 0.295. The van der Waals surface area contributed by atoms with Crippen molar-refractivity contribution in [3.05, 3.63) is 23.3 Å². The molecule has 3 aliphatic rings. The highest BCUT2D eigenvalue weighted by Gasteiger charge is 2.35. The number of allylic oxidation sites excluding steroid dienone is 4. The molecule has 0 aromatic heterocycles. The van der Waals surface area contributed by atoms with Crippen molar-refractivity contribution >= 4 is 5.78 Å². The van der Waals surface area contributed by atoms with Crippen LogP contribution in [0.5, 0.6) is 0 Å². The van der Waals surface area contributed by atoms with Gasteiger partial charge >= 0.3 is 0 Å². The van der Waals surface area contributed by atoms with Crippen LogP contribution in [0.15, 0.2) is 23.3 Å². The molecule has 0 radical (unpaired) electrons. The molecule has 1 saturated carbocycles. The van der Waals surface area contributed by atoms with Gasteiger partial charge in [-0.2, -0.15) is 0 Å². The first-order chi connectivity index (χ1) is 6.86. The van der Waals surface area contributed by atoms with Gasteiger partial charge < -0.3 is 0 Å². The molecule has 0 heterocycles. The second kappa shape index (κ2) is 3.08. The van der Waals surface area contributed by atoms with E-state index in [1.54, 1.807) is 6.08 Å². The van der Waals surface area contributed by atoms with Crippen LogP contribution in [-0.2, 0) is 4.79 Å². The van der Waals surface area contributed by atoms with Crippen LogP contribution in [0.2, 0.25) is 0 Å². The molecule has 0 spiro atoms. The van der Waals surface area contributed by atoms with Gasteiger partial charge in [0.1, 0.15) is 0 Å². The Kier molecular flexibility index (Phi) is 1.86. The number of carbonyl (C=O) groups excluding carboxylic acids is 1. The molecule has 0 aliphatic heterocycles. The van der Waals surface area contributed by atoms with Crippen molar-refractivity contribution in [2.75, 3.05) is 0 Å². The van der Waals surface area contributed by atoms with E-state index in [1.807, 2.05) is 0 Å². The van der Waals surface area contributed by atoms with Crippen LogP contribution in [0.3, 0.4) is 0 Å². The standard InChI is InChI=1S/C13H16O/c14-13-8-7-11-10-4-2-1-3-9(10)5-6-12(11)13/h7-10H,1-6H2. The minimum atomic E-state index is 0.295. The monoisotopic (exact) mass is 188 g/mol. The maximum Gasteiger partial charge on any atom is 0.182 e. The summed E-state index contributed by atoms with van der Waals surface area (Å²) in [7, 11) is 0. The Hall–Kier alpha value is -0.850. The quantitative estimate of drug-likeness (QED) is 0.571. The van der Waals surface area contributed by atoms with Crippen molar-refractivity contribution in [3.8, 4) is 0 Å². The number of hydrogen-bond acceptors (Lipinski definition) is 1. The summed E-state index contributed by atoms with van der Waals surface area (Å²) in [6, 6.07) is 0. The fraction of sp³-hybridized carbons (Fsp3) is 0.615. The third-order valence-corrected chi connectivity index (χ3v) is 4.13. The number of fused-ring (bicyclic) bond motifs is 2. The van der Waals surface area contributed by atoms with Gasteiger partial charge in [0.2, 0.25) is 0 Å². The molecule has 0 aromatic rings. The predicted octanol–water partition coefficient (Wildman–Crippen LogP) is 3.02. The molecule has 1 nitrogen and oxygen atoms in total. The number of rotatable bonds is 0. The summed E-state index contributed by atoms with van der Waals surface area (Å²) < 4.78 is 0. The molecule has 0 amide bonds. The Bertz CT molecular complexity index is 335. The Morgan fingerprint density at radius 3 is 2.86 bits per heavy atom. The maximum absolute atomic E-state index is 11.5. The highest BCUT2D eigenvalue weighted by atomic mass is 16.1. The Labute approximate surface area is 84.9 Å². The smallest absolute Gasteiger partial charge is 0.182 e. The Morgan fingerprint density at radius 1 is 1.07 bits per heavy atom. The van der Waals surface area contributed by atoms with Crippen LogP contribution in [0.4, 0.5) is 0 Å². The normalized spacial score (nSPS) is 35.9. The molecule has 0 aromatic carbocycles. The molecular weight excluding hydrogens is 172 g/mol. The summed E-state index contributed by atoms with van der Waals surface area (Å²) in [6.07, 6.45) is 11.7. The van der Waals surface area contributed by atoms with Gasteiger partial charge in [-0.3, -0.25) is 4.79 Å². The average molecular weight is 188 g/mol. The average Bonchev–Trinajstić information content (AvgIpc) is 2.61. The van der Waals surface area contributed by atoms with Gasteiger partial charge in [0.15, 0.2) is 5.78 Å². The molecule has 0 N–H and O–H groups in total. The zero-order valence-corrected chi connectivity index (χ0v) is 8.46. The summed E-state index contributed by atoms with van der Waals surface area (Å²) in [5.41, 5.74) is 2.55. The van der Waals surface area contributed by atoms with Gasteiger partial charge in [-0.05, 0) is 49.2 Å². The van der Waals surface area contributed by atoms with E-state index in [4.69, 9.17) is 0 Å². The molecular formula is C13H16O. The van der Waals surface area contributed by atoms with Crippen molar-refractivity contribution in [1.29, 1.82) is 0 Å². The zero-order valence-electron chi connectivity index (χ0n) is 8.46. The third kappa shape index (κ3) is 1.11. The minimum Gasteiger partial charge on any atom is -0.290 e. The van der Waals surface area contributed by atoms with Gasteiger partial charge in [-0.15, -0.1) is 0 Å². The summed E-state index contributed by atoms with van der Waals surface area (Å²) in [5, 5.41) is 0. The summed E-state index contributed by atoms with van der Waals surface area (Å²) in [5.74, 6) is 1.91. The molecule has 14 heavy (non-hydrogen) atoms. The molecule has 0 bridgehead atoms. The van der Waals surface area contributed by atoms with E-state index in [1.165, 1.54) is 37.7 Å². The lowest BCUT2D eigenvalue weighted by molar-refractivity contribution is -0.111. The second-order valence-electron chi connectivity index (χ2n) is 4.82. The van der Waals surface area contributed by atoms with E-state index in [0.717, 1.165) is 23.8 Å². The maximum atomic E-state index is 11.5. The zero-order chi connectivity index (χ0) is 9.54. The van der Waals surface area contributed by atoms with Gasteiger partial charge in [0.25, 0.3) is 0 Å². The van der Waals surface area contributed by atoms with Crippen LogP contribution in [0, 0.1) is 11.8 Å². The topological polar surface area (TPSA) is 17.1 Å². The van der Waals surface area contributed by atoms with Crippen molar-refractivity contribution in [2.45, 2.75) is 38.5 Å². The third-order valence-electron chi connectivity index (χ3n) is 4.13. The Balaban J connectivity index is 1.96. The van der Waals surface area contributed by atoms with E-state index >= 15 is 0 Å². The van der Waals surface area contributed by atoms with Gasteiger partial charge in [-0.25, -0.2) is 0 Å². The van der Waals surface area contributed by atoms with Crippen molar-refractivity contribution in [1.82, 2.24) is 0 Å². The fourth-order valence-corrected chi connectivity index (χ4v) is 3.42. The summed E-state index contributed by atoms with van der Waals surface area (Å²) in [6.45, 7) is 0. The second-order valence-corrected chi connectivity index (χ2v) is 4.82. The van der Waals surface area contributed by atoms with Crippen molar-refractivity contribution in [3.63, 3.8) is 0 Å². The van der Waals surface area contributed by atoms with E-state index < -0.39 is 0 Å². The largest absolute Gasteiger partial charge is 0.290 e. The summed E-state index contributed by atoms with van der Waals surface area (Å²) >= 11 is 0. The lowest BCUT2D eigenvalue weighted by Crippen LogP contribution is -2.25. The Morgan fingerprint density at radius 2 is 1.93 bits per heavy atom. The molecule has 0 saturated heterocycles. The first-order valence-corrected chi connectivity index (χ1v) is 5.82. The predicted molar refractivity (Wildman–Crippen MR) is 55.9 cm³/mol. The van der Waals surface area contributed by atoms with Crippen LogP contribution in [0.25, 0.3) is 0 Å². The molecule has 3 rings (SSSR count). The van der Waals surface area contributed by atoms with Crippen molar-refractivity contribution < 1.29 is 4.79 Å². The molecule has 2 atom stereocenters. The van der Waals surface area contributed by atoms with E-state index in [9.17, 15) is 4.79 Å². The first kappa shape index (κ1) is 8.46. The SMILES string of the molecule is O=C1C=CC2=C1CCC1CCCCC21. The number of hydrogen-bond donors (Lipinski definition) is 0. The highest BCUT2D eigenvalue weighted by Crippen LogP contribution is 2.45.